The van der Waals surface area contributed by atoms with E-state index in [-0.39, 0.29) is 6.04 Å². The molecule has 0 amide bonds. The van der Waals surface area contributed by atoms with Gasteiger partial charge in [0.25, 0.3) is 0 Å². The third kappa shape index (κ3) is 2.50. The van der Waals surface area contributed by atoms with E-state index < -0.39 is 0 Å². The quantitative estimate of drug-likeness (QED) is 0.565. The van der Waals surface area contributed by atoms with Crippen LogP contribution in [0.25, 0.3) is 28.1 Å². The molecule has 1 atom stereocenters. The molecule has 4 heterocycles. The van der Waals surface area contributed by atoms with E-state index in [9.17, 15) is 0 Å². The van der Waals surface area contributed by atoms with Crippen LogP contribution in [-0.2, 0) is 0 Å². The molecule has 1 aliphatic carbocycles. The Bertz CT molecular complexity index is 1150. The summed E-state index contributed by atoms with van der Waals surface area (Å²) in [6.45, 7) is 2.22. The Balaban J connectivity index is 1.53. The van der Waals surface area contributed by atoms with Crippen LogP contribution in [0.2, 0.25) is 0 Å². The number of anilines is 1. The number of para-hydroxylation sites is 1. The monoisotopic (exact) mass is 385 g/mol. The van der Waals surface area contributed by atoms with Gasteiger partial charge in [0.05, 0.1) is 17.9 Å². The second-order valence-electron chi connectivity index (χ2n) is 8.00. The van der Waals surface area contributed by atoms with Crippen LogP contribution in [0.3, 0.4) is 0 Å². The van der Waals surface area contributed by atoms with Crippen molar-refractivity contribution in [1.82, 2.24) is 29.7 Å². The standard InChI is InChI=1S/C22H23N7/c1-2-18-22-27-24-13-28(22)19-12-23-20(17-11-14-7-3-6-10-16(14)25-17)26-21(19)29(18)15-8-4-5-9-15/h3,6-7,10-13,15,18,25H,2,4-5,8-9H2,1H3. The largest absolute Gasteiger partial charge is 0.352 e. The molecule has 1 aromatic carbocycles. The highest BCUT2D eigenvalue weighted by atomic mass is 15.4. The summed E-state index contributed by atoms with van der Waals surface area (Å²) in [7, 11) is 0. The zero-order chi connectivity index (χ0) is 19.4. The number of fused-ring (bicyclic) bond motifs is 4. The van der Waals surface area contributed by atoms with Gasteiger partial charge in [-0.3, -0.25) is 4.57 Å². The van der Waals surface area contributed by atoms with Crippen LogP contribution in [-0.4, -0.2) is 35.8 Å². The number of aromatic nitrogens is 6. The molecule has 2 aliphatic rings. The minimum Gasteiger partial charge on any atom is -0.352 e. The molecular weight excluding hydrogens is 362 g/mol. The Morgan fingerprint density at radius 2 is 2.03 bits per heavy atom. The molecule has 1 fully saturated rings. The van der Waals surface area contributed by atoms with Gasteiger partial charge < -0.3 is 9.88 Å². The van der Waals surface area contributed by atoms with Gasteiger partial charge in [-0.2, -0.15) is 0 Å². The zero-order valence-electron chi connectivity index (χ0n) is 16.4. The van der Waals surface area contributed by atoms with Crippen LogP contribution in [0.1, 0.15) is 50.9 Å². The van der Waals surface area contributed by atoms with E-state index in [1.165, 1.54) is 31.1 Å². The van der Waals surface area contributed by atoms with Crippen molar-refractivity contribution in [3.05, 3.63) is 48.7 Å². The number of H-pyrrole nitrogens is 1. The van der Waals surface area contributed by atoms with Gasteiger partial charge in [-0.05, 0) is 31.4 Å². The van der Waals surface area contributed by atoms with Crippen molar-refractivity contribution in [2.24, 2.45) is 0 Å². The average Bonchev–Trinajstić information content (AvgIpc) is 3.52. The number of nitrogens with one attached hydrogen (secondary N) is 1. The fourth-order valence-electron chi connectivity index (χ4n) is 4.97. The second kappa shape index (κ2) is 6.40. The summed E-state index contributed by atoms with van der Waals surface area (Å²) in [6.07, 6.45) is 9.64. The fraction of sp³-hybridized carbons (Fsp3) is 0.364. The highest BCUT2D eigenvalue weighted by Gasteiger charge is 2.38. The number of aromatic amines is 1. The van der Waals surface area contributed by atoms with E-state index >= 15 is 0 Å². The predicted octanol–water partition coefficient (Wildman–Crippen LogP) is 4.42. The van der Waals surface area contributed by atoms with Gasteiger partial charge in [0.2, 0.25) is 0 Å². The van der Waals surface area contributed by atoms with Crippen molar-refractivity contribution in [2.75, 3.05) is 4.90 Å². The fourth-order valence-corrected chi connectivity index (χ4v) is 4.97. The highest BCUT2D eigenvalue weighted by Crippen LogP contribution is 2.42. The Morgan fingerprint density at radius 1 is 1.17 bits per heavy atom. The smallest absolute Gasteiger partial charge is 0.178 e. The summed E-state index contributed by atoms with van der Waals surface area (Å²) in [4.78, 5) is 15.8. The lowest BCUT2D eigenvalue weighted by atomic mass is 10.0. The number of nitrogens with zero attached hydrogens (tertiary/aromatic N) is 6. The summed E-state index contributed by atoms with van der Waals surface area (Å²) in [5.41, 5.74) is 3.02. The van der Waals surface area contributed by atoms with Crippen LogP contribution in [0, 0.1) is 0 Å². The second-order valence-corrected chi connectivity index (χ2v) is 8.00. The average molecular weight is 385 g/mol. The van der Waals surface area contributed by atoms with E-state index in [1.807, 2.05) is 12.3 Å². The molecule has 0 radical (unpaired) electrons. The van der Waals surface area contributed by atoms with Crippen LogP contribution < -0.4 is 4.90 Å². The summed E-state index contributed by atoms with van der Waals surface area (Å²) in [5, 5.41) is 9.81. The van der Waals surface area contributed by atoms with Crippen LogP contribution in [0.15, 0.2) is 42.9 Å². The lowest BCUT2D eigenvalue weighted by Crippen LogP contribution is -2.42. The van der Waals surface area contributed by atoms with Crippen LogP contribution >= 0.6 is 0 Å². The van der Waals surface area contributed by atoms with Crippen LogP contribution in [0.5, 0.6) is 0 Å². The van der Waals surface area contributed by atoms with E-state index in [1.54, 1.807) is 6.33 Å². The van der Waals surface area contributed by atoms with Gasteiger partial charge >= 0.3 is 0 Å². The van der Waals surface area contributed by atoms with E-state index in [0.717, 1.165) is 40.8 Å². The van der Waals surface area contributed by atoms with Crippen molar-refractivity contribution in [3.8, 4) is 17.2 Å². The zero-order valence-corrected chi connectivity index (χ0v) is 16.4. The van der Waals surface area contributed by atoms with Crippen molar-refractivity contribution < 1.29 is 0 Å². The number of benzene rings is 1. The van der Waals surface area contributed by atoms with E-state index in [0.29, 0.717) is 6.04 Å². The lowest BCUT2D eigenvalue weighted by Gasteiger charge is -2.40. The Hall–Kier alpha value is -3.22. The van der Waals surface area contributed by atoms with Gasteiger partial charge in [0, 0.05) is 16.9 Å². The first-order valence-electron chi connectivity index (χ1n) is 10.5. The molecule has 0 spiro atoms. The van der Waals surface area contributed by atoms with Crippen molar-refractivity contribution >= 4 is 16.7 Å². The van der Waals surface area contributed by atoms with Gasteiger partial charge in [-0.25, -0.2) is 9.97 Å². The molecule has 4 aromatic rings. The van der Waals surface area contributed by atoms with E-state index in [2.05, 4.69) is 55.8 Å². The summed E-state index contributed by atoms with van der Waals surface area (Å²) < 4.78 is 2.06. The van der Waals surface area contributed by atoms with Crippen molar-refractivity contribution in [2.45, 2.75) is 51.1 Å². The highest BCUT2D eigenvalue weighted by molar-refractivity contribution is 5.84. The van der Waals surface area contributed by atoms with Gasteiger partial charge in [0.15, 0.2) is 17.5 Å². The lowest BCUT2D eigenvalue weighted by molar-refractivity contribution is 0.469. The molecule has 29 heavy (non-hydrogen) atoms. The maximum absolute atomic E-state index is 5.09. The first kappa shape index (κ1) is 16.7. The molecule has 7 nitrogen and oxygen atoms in total. The molecule has 1 N–H and O–H groups in total. The third-order valence-electron chi connectivity index (χ3n) is 6.34. The number of hydrogen-bond donors (Lipinski definition) is 1. The summed E-state index contributed by atoms with van der Waals surface area (Å²) >= 11 is 0. The predicted molar refractivity (Wildman–Crippen MR) is 112 cm³/mol. The molecule has 146 valence electrons. The Kier molecular flexibility index (Phi) is 3.69. The molecule has 1 saturated carbocycles. The Labute approximate surface area is 168 Å². The normalized spacial score (nSPS) is 18.9. The molecule has 0 bridgehead atoms. The summed E-state index contributed by atoms with van der Waals surface area (Å²) in [6, 6.07) is 11.1. The topological polar surface area (TPSA) is 75.5 Å². The maximum Gasteiger partial charge on any atom is 0.178 e. The minimum absolute atomic E-state index is 0.193. The van der Waals surface area contributed by atoms with Gasteiger partial charge in [0.1, 0.15) is 12.0 Å². The Morgan fingerprint density at radius 3 is 2.86 bits per heavy atom. The molecule has 1 aliphatic heterocycles. The SMILES string of the molecule is CCC1c2nncn2-c2cnc(-c3cc4ccccc4[nH]3)nc2N1C1CCCC1. The molecular formula is C22H23N7. The first-order valence-corrected chi connectivity index (χ1v) is 10.5. The molecule has 7 heteroatoms. The molecule has 3 aromatic heterocycles. The number of hydrogen-bond acceptors (Lipinski definition) is 5. The van der Waals surface area contributed by atoms with Crippen LogP contribution in [0.4, 0.5) is 5.82 Å². The maximum atomic E-state index is 5.09. The van der Waals surface area contributed by atoms with Gasteiger partial charge in [-0.1, -0.05) is 38.0 Å². The van der Waals surface area contributed by atoms with Crippen molar-refractivity contribution in [3.63, 3.8) is 0 Å². The van der Waals surface area contributed by atoms with Crippen molar-refractivity contribution in [1.29, 1.82) is 0 Å². The van der Waals surface area contributed by atoms with E-state index in [4.69, 9.17) is 9.97 Å². The first-order chi connectivity index (χ1) is 14.3. The molecule has 0 saturated heterocycles. The summed E-state index contributed by atoms with van der Waals surface area (Å²) in [5.74, 6) is 2.72. The van der Waals surface area contributed by atoms with Gasteiger partial charge in [-0.15, -0.1) is 10.2 Å². The third-order valence-corrected chi connectivity index (χ3v) is 6.34. The molecule has 6 rings (SSSR count). The molecule has 1 unspecified atom stereocenters. The number of rotatable bonds is 3. The minimum atomic E-state index is 0.193.